The molecular weight excluding hydrogens is 296 g/mol. The number of amides is 1. The van der Waals surface area contributed by atoms with E-state index in [2.05, 4.69) is 10.4 Å². The molecule has 22 heavy (non-hydrogen) atoms. The number of aliphatic carboxylic acids is 1. The maximum absolute atomic E-state index is 11.9. The van der Waals surface area contributed by atoms with Crippen LogP contribution in [0.2, 0.25) is 0 Å². The van der Waals surface area contributed by atoms with Gasteiger partial charge in [0.2, 0.25) is 5.91 Å². The van der Waals surface area contributed by atoms with Crippen LogP contribution >= 0.6 is 0 Å². The minimum atomic E-state index is -1.13. The van der Waals surface area contributed by atoms with Gasteiger partial charge >= 0.3 is 11.8 Å². The lowest BCUT2D eigenvalue weighted by Gasteiger charge is -2.27. The number of nitrogens with one attached hydrogen (secondary N) is 1. The Morgan fingerprint density at radius 2 is 2.41 bits per heavy atom. The van der Waals surface area contributed by atoms with Crippen LogP contribution in [0.25, 0.3) is 0 Å². The quantitative estimate of drug-likeness (QED) is 0.547. The molecule has 2 heterocycles. The zero-order chi connectivity index (χ0) is 16.1. The van der Waals surface area contributed by atoms with E-state index in [4.69, 9.17) is 4.74 Å². The number of carbonyl (C=O) groups excluding carboxylic acids is 1. The molecule has 2 rings (SSSR count). The van der Waals surface area contributed by atoms with Crippen LogP contribution in [0.1, 0.15) is 12.8 Å². The number of carboxylic acid groups (broad SMARTS) is 1. The second-order valence-corrected chi connectivity index (χ2v) is 4.99. The summed E-state index contributed by atoms with van der Waals surface area (Å²) in [7, 11) is 0. The van der Waals surface area contributed by atoms with Crippen LogP contribution in [0.3, 0.4) is 0 Å². The van der Waals surface area contributed by atoms with Gasteiger partial charge in [-0.25, -0.2) is 4.79 Å². The number of rotatable bonds is 6. The molecule has 0 spiro atoms. The molecule has 0 bridgehead atoms. The van der Waals surface area contributed by atoms with E-state index < -0.39 is 22.8 Å². The molecule has 2 N–H and O–H groups in total. The molecule has 0 radical (unpaired) electrons. The summed E-state index contributed by atoms with van der Waals surface area (Å²) in [6.07, 6.45) is 2.69. The van der Waals surface area contributed by atoms with E-state index in [1.54, 1.807) is 0 Å². The van der Waals surface area contributed by atoms with Crippen molar-refractivity contribution < 1.29 is 24.4 Å². The Morgan fingerprint density at radius 3 is 2.95 bits per heavy atom. The first-order chi connectivity index (χ1) is 10.5. The molecule has 2 unspecified atom stereocenters. The van der Waals surface area contributed by atoms with E-state index in [0.29, 0.717) is 13.0 Å². The summed E-state index contributed by atoms with van der Waals surface area (Å²) in [6, 6.07) is 0.120. The smallest absolute Gasteiger partial charge is 0.389 e. The zero-order valence-electron chi connectivity index (χ0n) is 11.7. The molecule has 1 aromatic heterocycles. The summed E-state index contributed by atoms with van der Waals surface area (Å²) in [5.74, 6) is -2.36. The normalized spacial score (nSPS) is 19.4. The highest BCUT2D eigenvalue weighted by Gasteiger charge is 2.31. The highest BCUT2D eigenvalue weighted by atomic mass is 16.6. The highest BCUT2D eigenvalue weighted by molar-refractivity contribution is 5.83. The first-order valence-corrected chi connectivity index (χ1v) is 6.75. The third kappa shape index (κ3) is 4.01. The molecule has 1 aliphatic heterocycles. The average Bonchev–Trinajstić information content (AvgIpc) is 2.94. The zero-order valence-corrected chi connectivity index (χ0v) is 11.7. The van der Waals surface area contributed by atoms with E-state index in [9.17, 15) is 24.8 Å². The van der Waals surface area contributed by atoms with Crippen molar-refractivity contribution in [1.29, 1.82) is 0 Å². The van der Waals surface area contributed by atoms with Crippen LogP contribution in [0.4, 0.5) is 5.82 Å². The molecule has 10 heteroatoms. The van der Waals surface area contributed by atoms with Gasteiger partial charge < -0.3 is 25.3 Å². The first kappa shape index (κ1) is 15.9. The van der Waals surface area contributed by atoms with Crippen molar-refractivity contribution in [2.45, 2.75) is 25.4 Å². The molecule has 1 aromatic rings. The number of nitrogens with zero attached hydrogens (tertiary/aromatic N) is 3. The summed E-state index contributed by atoms with van der Waals surface area (Å²) < 4.78 is 6.32. The Bertz CT molecular complexity index is 566. The van der Waals surface area contributed by atoms with Gasteiger partial charge in [-0.3, -0.25) is 4.79 Å². The lowest BCUT2D eigenvalue weighted by molar-refractivity contribution is -0.389. The fraction of sp³-hybridized carbons (Fsp3) is 0.583. The van der Waals surface area contributed by atoms with Crippen LogP contribution in [-0.4, -0.2) is 50.9 Å². The van der Waals surface area contributed by atoms with Crippen molar-refractivity contribution in [1.82, 2.24) is 15.1 Å². The van der Waals surface area contributed by atoms with Gasteiger partial charge in [0, 0.05) is 12.5 Å². The Balaban J connectivity index is 1.95. The molecule has 0 aliphatic carbocycles. The third-order valence-electron chi connectivity index (χ3n) is 3.37. The maximum Gasteiger partial charge on any atom is 0.389 e. The molecular formula is C12H16N4O6. The van der Waals surface area contributed by atoms with Gasteiger partial charge in [-0.15, -0.1) is 0 Å². The van der Waals surface area contributed by atoms with Crippen LogP contribution < -0.4 is 5.32 Å². The molecule has 10 nitrogen and oxygen atoms in total. The van der Waals surface area contributed by atoms with Crippen LogP contribution in [0.15, 0.2) is 12.3 Å². The molecule has 1 fully saturated rings. The van der Waals surface area contributed by atoms with Crippen LogP contribution in [0.5, 0.6) is 0 Å². The van der Waals surface area contributed by atoms with E-state index in [-0.39, 0.29) is 24.9 Å². The van der Waals surface area contributed by atoms with Gasteiger partial charge in [0.25, 0.3) is 0 Å². The molecule has 120 valence electrons. The number of hydrogen-bond donors (Lipinski definition) is 2. The summed E-state index contributed by atoms with van der Waals surface area (Å²) >= 11 is 0. The van der Waals surface area contributed by atoms with E-state index >= 15 is 0 Å². The van der Waals surface area contributed by atoms with Crippen molar-refractivity contribution in [3.05, 3.63) is 22.4 Å². The Labute approximate surface area is 125 Å². The average molecular weight is 312 g/mol. The van der Waals surface area contributed by atoms with Crippen molar-refractivity contribution in [2.24, 2.45) is 5.92 Å². The fourth-order valence-corrected chi connectivity index (χ4v) is 2.31. The molecule has 1 amide bonds. The van der Waals surface area contributed by atoms with Gasteiger partial charge in [0.1, 0.15) is 12.6 Å². The number of aromatic nitrogens is 2. The van der Waals surface area contributed by atoms with E-state index in [1.807, 2.05) is 0 Å². The van der Waals surface area contributed by atoms with Gasteiger partial charge in [-0.05, 0) is 17.8 Å². The SMILES string of the molecule is O=C(Cn1ccc([N+](=O)[O-])n1)NC(C(=O)O)C1CCCOC1. The molecule has 0 aromatic carbocycles. The highest BCUT2D eigenvalue weighted by Crippen LogP contribution is 2.18. The summed E-state index contributed by atoms with van der Waals surface area (Å²) in [5.41, 5.74) is 0. The maximum atomic E-state index is 11.9. The van der Waals surface area contributed by atoms with Crippen molar-refractivity contribution in [3.63, 3.8) is 0 Å². The number of carboxylic acids is 1. The van der Waals surface area contributed by atoms with Gasteiger partial charge in [0.05, 0.1) is 24.0 Å². The summed E-state index contributed by atoms with van der Waals surface area (Å²) in [5, 5.41) is 25.8. The van der Waals surface area contributed by atoms with Crippen LogP contribution in [0, 0.1) is 16.0 Å². The minimum Gasteiger partial charge on any atom is -0.480 e. The predicted molar refractivity (Wildman–Crippen MR) is 72.0 cm³/mol. The van der Waals surface area contributed by atoms with Crippen LogP contribution in [-0.2, 0) is 20.9 Å². The van der Waals surface area contributed by atoms with Gasteiger partial charge in [0.15, 0.2) is 0 Å². The predicted octanol–water partition coefficient (Wildman–Crippen LogP) is -0.213. The minimum absolute atomic E-state index is 0.282. The van der Waals surface area contributed by atoms with Crippen molar-refractivity contribution in [2.75, 3.05) is 13.2 Å². The van der Waals surface area contributed by atoms with Crippen molar-refractivity contribution in [3.8, 4) is 0 Å². The van der Waals surface area contributed by atoms with E-state index in [0.717, 1.165) is 17.2 Å². The standard InChI is InChI=1S/C12H16N4O6/c17-10(6-15-4-3-9(14-15)16(20)21)13-11(12(18)19)8-2-1-5-22-7-8/h3-4,8,11H,1-2,5-7H2,(H,13,17)(H,18,19). The second kappa shape index (κ2) is 6.98. The molecule has 0 saturated carbocycles. The third-order valence-corrected chi connectivity index (χ3v) is 3.37. The molecule has 1 aliphatic rings. The molecule has 2 atom stereocenters. The largest absolute Gasteiger partial charge is 0.480 e. The van der Waals surface area contributed by atoms with Gasteiger partial charge in [-0.2, -0.15) is 4.68 Å². The van der Waals surface area contributed by atoms with E-state index in [1.165, 1.54) is 6.20 Å². The van der Waals surface area contributed by atoms with Crippen molar-refractivity contribution >= 4 is 17.7 Å². The second-order valence-electron chi connectivity index (χ2n) is 4.99. The number of carbonyl (C=O) groups is 2. The number of ether oxygens (including phenoxy) is 1. The first-order valence-electron chi connectivity index (χ1n) is 6.75. The monoisotopic (exact) mass is 312 g/mol. The van der Waals surface area contributed by atoms with Gasteiger partial charge in [-0.1, -0.05) is 0 Å². The lowest BCUT2D eigenvalue weighted by Crippen LogP contribution is -2.49. The summed E-state index contributed by atoms with van der Waals surface area (Å²) in [4.78, 5) is 33.0. The topological polar surface area (TPSA) is 137 Å². The number of hydrogen-bond acceptors (Lipinski definition) is 6. The Morgan fingerprint density at radius 1 is 1.64 bits per heavy atom. The lowest BCUT2D eigenvalue weighted by atomic mass is 9.93. The number of nitro groups is 1. The Hall–Kier alpha value is -2.49. The molecule has 1 saturated heterocycles. The fourth-order valence-electron chi connectivity index (χ4n) is 2.31. The Kier molecular flexibility index (Phi) is 5.04. The summed E-state index contributed by atoms with van der Waals surface area (Å²) in [6.45, 7) is 0.587.